The van der Waals surface area contributed by atoms with Crippen molar-refractivity contribution in [1.29, 1.82) is 0 Å². The van der Waals surface area contributed by atoms with Gasteiger partial charge in [0.1, 0.15) is 6.17 Å². The lowest BCUT2D eigenvalue weighted by molar-refractivity contribution is -0.413. The van der Waals surface area contributed by atoms with Crippen LogP contribution in [0.5, 0.6) is 0 Å². The first-order valence-corrected chi connectivity index (χ1v) is 5.17. The van der Waals surface area contributed by atoms with Gasteiger partial charge in [-0.15, -0.1) is 0 Å². The standard InChI is InChI=1S/C9H7F13/c1-3(10)2-5(13,14)7(17,18)9(21,22)8(19,20)6(15,16)4(11)12/h3-4H,2H2,1H3. The molecular formula is C9H7F13. The molecule has 22 heavy (non-hydrogen) atoms. The van der Waals surface area contributed by atoms with Gasteiger partial charge in [-0.3, -0.25) is 0 Å². The molecular weight excluding hydrogens is 355 g/mol. The van der Waals surface area contributed by atoms with Crippen molar-refractivity contribution in [2.24, 2.45) is 0 Å². The lowest BCUT2D eigenvalue weighted by Gasteiger charge is -2.39. The summed E-state index contributed by atoms with van der Waals surface area (Å²) in [5, 5.41) is 0. The largest absolute Gasteiger partial charge is 0.384 e. The molecule has 134 valence electrons. The summed E-state index contributed by atoms with van der Waals surface area (Å²) in [6.45, 7) is 0.175. The Balaban J connectivity index is 5.99. The summed E-state index contributed by atoms with van der Waals surface area (Å²) in [6.07, 6.45) is -11.2. The molecule has 0 spiro atoms. The fraction of sp³-hybridized carbons (Fsp3) is 1.00. The summed E-state index contributed by atoms with van der Waals surface area (Å²) in [4.78, 5) is 0. The Morgan fingerprint density at radius 3 is 1.27 bits per heavy atom. The van der Waals surface area contributed by atoms with E-state index in [4.69, 9.17) is 0 Å². The molecule has 0 aliphatic carbocycles. The van der Waals surface area contributed by atoms with Crippen molar-refractivity contribution in [2.45, 2.75) is 55.6 Å². The first-order chi connectivity index (χ1) is 9.36. The molecule has 0 aromatic carbocycles. The minimum absolute atomic E-state index is 0.175. The van der Waals surface area contributed by atoms with Gasteiger partial charge >= 0.3 is 36.0 Å². The third-order valence-electron chi connectivity index (χ3n) is 2.48. The van der Waals surface area contributed by atoms with E-state index >= 15 is 0 Å². The molecule has 0 fully saturated rings. The molecule has 1 atom stereocenters. The Morgan fingerprint density at radius 1 is 0.636 bits per heavy atom. The van der Waals surface area contributed by atoms with Crippen molar-refractivity contribution in [2.75, 3.05) is 0 Å². The minimum atomic E-state index is -7.58. The molecule has 0 amide bonds. The number of hydrogen-bond donors (Lipinski definition) is 0. The van der Waals surface area contributed by atoms with E-state index in [1.54, 1.807) is 0 Å². The van der Waals surface area contributed by atoms with Gasteiger partial charge in [0.2, 0.25) is 0 Å². The third-order valence-corrected chi connectivity index (χ3v) is 2.48. The van der Waals surface area contributed by atoms with Crippen LogP contribution in [-0.2, 0) is 0 Å². The molecule has 0 radical (unpaired) electrons. The van der Waals surface area contributed by atoms with Crippen molar-refractivity contribution in [3.8, 4) is 0 Å². The fourth-order valence-corrected chi connectivity index (χ4v) is 1.25. The van der Waals surface area contributed by atoms with E-state index in [0.717, 1.165) is 0 Å². The highest BCUT2D eigenvalue weighted by Crippen LogP contribution is 2.58. The van der Waals surface area contributed by atoms with Crippen LogP contribution in [0.3, 0.4) is 0 Å². The Kier molecular flexibility index (Phi) is 5.39. The van der Waals surface area contributed by atoms with Crippen LogP contribution in [-0.4, -0.2) is 42.2 Å². The van der Waals surface area contributed by atoms with Gasteiger partial charge in [0.25, 0.3) is 0 Å². The van der Waals surface area contributed by atoms with E-state index in [9.17, 15) is 57.1 Å². The highest BCUT2D eigenvalue weighted by Gasteiger charge is 2.87. The second kappa shape index (κ2) is 5.62. The average Bonchev–Trinajstić information content (AvgIpc) is 2.25. The maximum atomic E-state index is 12.9. The van der Waals surface area contributed by atoms with Crippen molar-refractivity contribution in [3.05, 3.63) is 0 Å². The summed E-state index contributed by atoms with van der Waals surface area (Å²) in [5.74, 6) is -35.6. The van der Waals surface area contributed by atoms with Crippen molar-refractivity contribution >= 4 is 0 Å². The van der Waals surface area contributed by atoms with Crippen LogP contribution in [0, 0.1) is 0 Å². The van der Waals surface area contributed by atoms with Gasteiger partial charge in [-0.25, -0.2) is 13.2 Å². The van der Waals surface area contributed by atoms with Crippen LogP contribution >= 0.6 is 0 Å². The summed E-state index contributed by atoms with van der Waals surface area (Å²) in [7, 11) is 0. The molecule has 0 N–H and O–H groups in total. The van der Waals surface area contributed by atoms with Gasteiger partial charge in [0.05, 0.1) is 0 Å². The minimum Gasteiger partial charge on any atom is -0.248 e. The zero-order valence-corrected chi connectivity index (χ0v) is 10.3. The van der Waals surface area contributed by atoms with E-state index in [2.05, 4.69) is 0 Å². The topological polar surface area (TPSA) is 0 Å². The van der Waals surface area contributed by atoms with Crippen LogP contribution in [0.2, 0.25) is 0 Å². The van der Waals surface area contributed by atoms with Crippen LogP contribution in [0.1, 0.15) is 13.3 Å². The molecule has 0 aliphatic rings. The SMILES string of the molecule is CC(F)CC(F)(F)C(F)(F)C(F)(F)C(F)(F)C(F)(F)C(F)F. The first kappa shape index (κ1) is 21.1. The predicted octanol–water partition coefficient (Wildman–Crippen LogP) is 5.18. The quantitative estimate of drug-likeness (QED) is 0.548. The highest BCUT2D eigenvalue weighted by atomic mass is 19.4. The molecule has 13 heteroatoms. The van der Waals surface area contributed by atoms with Gasteiger partial charge in [0, 0.05) is 6.42 Å². The lowest BCUT2D eigenvalue weighted by atomic mass is 9.92. The number of rotatable bonds is 7. The van der Waals surface area contributed by atoms with Gasteiger partial charge in [-0.2, -0.15) is 43.9 Å². The zero-order chi connectivity index (χ0) is 18.4. The van der Waals surface area contributed by atoms with Gasteiger partial charge in [-0.05, 0) is 6.92 Å². The van der Waals surface area contributed by atoms with Crippen molar-refractivity contribution in [3.63, 3.8) is 0 Å². The maximum absolute atomic E-state index is 12.9. The molecule has 0 bridgehead atoms. The smallest absolute Gasteiger partial charge is 0.248 e. The second-order valence-corrected chi connectivity index (χ2v) is 4.34. The molecule has 0 saturated carbocycles. The fourth-order valence-electron chi connectivity index (χ4n) is 1.25. The zero-order valence-electron chi connectivity index (χ0n) is 10.3. The molecule has 0 aromatic rings. The normalized spacial score (nSPS) is 17.0. The van der Waals surface area contributed by atoms with Gasteiger partial charge < -0.3 is 0 Å². The Bertz CT molecular complexity index is 383. The molecule has 0 aromatic heterocycles. The Labute approximate surface area is 114 Å². The van der Waals surface area contributed by atoms with E-state index < -0.39 is 48.6 Å². The Hall–Kier alpha value is -0.910. The first-order valence-electron chi connectivity index (χ1n) is 5.17. The van der Waals surface area contributed by atoms with E-state index in [-0.39, 0.29) is 6.92 Å². The van der Waals surface area contributed by atoms with Crippen molar-refractivity contribution in [1.82, 2.24) is 0 Å². The third kappa shape index (κ3) is 2.94. The number of hydrogen-bond acceptors (Lipinski definition) is 0. The molecule has 0 nitrogen and oxygen atoms in total. The molecule has 0 rings (SSSR count). The monoisotopic (exact) mass is 362 g/mol. The molecule has 0 aliphatic heterocycles. The van der Waals surface area contributed by atoms with Crippen LogP contribution < -0.4 is 0 Å². The second-order valence-electron chi connectivity index (χ2n) is 4.34. The number of alkyl halides is 13. The van der Waals surface area contributed by atoms with E-state index in [1.165, 1.54) is 0 Å². The van der Waals surface area contributed by atoms with Crippen LogP contribution in [0.4, 0.5) is 57.1 Å². The Morgan fingerprint density at radius 2 is 1.00 bits per heavy atom. The molecule has 0 heterocycles. The van der Waals surface area contributed by atoms with Crippen LogP contribution in [0.25, 0.3) is 0 Å². The highest BCUT2D eigenvalue weighted by molar-refractivity contribution is 5.09. The summed E-state index contributed by atoms with van der Waals surface area (Å²) < 4.78 is 163. The van der Waals surface area contributed by atoms with Gasteiger partial charge in [0.15, 0.2) is 0 Å². The summed E-state index contributed by atoms with van der Waals surface area (Å²) >= 11 is 0. The number of halogens is 13. The summed E-state index contributed by atoms with van der Waals surface area (Å²) in [5.41, 5.74) is 0. The molecule has 1 unspecified atom stereocenters. The van der Waals surface area contributed by atoms with Gasteiger partial charge in [-0.1, -0.05) is 0 Å². The summed E-state index contributed by atoms with van der Waals surface area (Å²) in [6, 6.07) is 0. The van der Waals surface area contributed by atoms with Crippen molar-refractivity contribution < 1.29 is 57.1 Å². The van der Waals surface area contributed by atoms with Crippen LogP contribution in [0.15, 0.2) is 0 Å². The molecule has 0 saturated heterocycles. The van der Waals surface area contributed by atoms with E-state index in [1.807, 2.05) is 0 Å². The predicted molar refractivity (Wildman–Crippen MR) is 45.9 cm³/mol. The lowest BCUT2D eigenvalue weighted by Crippen LogP contribution is -2.68. The maximum Gasteiger partial charge on any atom is 0.384 e. The average molecular weight is 362 g/mol. The van der Waals surface area contributed by atoms with E-state index in [0.29, 0.717) is 0 Å².